The highest BCUT2D eigenvalue weighted by atomic mass is 16.2. The summed E-state index contributed by atoms with van der Waals surface area (Å²) in [7, 11) is 0. The maximum absolute atomic E-state index is 12.2. The van der Waals surface area contributed by atoms with Crippen LogP contribution >= 0.6 is 0 Å². The van der Waals surface area contributed by atoms with E-state index in [0.29, 0.717) is 17.3 Å². The van der Waals surface area contributed by atoms with Crippen LogP contribution in [0.15, 0.2) is 11.3 Å². The molecule has 3 rings (SSSR count). The largest absolute Gasteiger partial charge is 0.356 e. The lowest BCUT2D eigenvalue weighted by Gasteiger charge is -2.30. The SMILES string of the molecule is CC1=NCCN1c1ncnc2c1NC(=O)C(C(C)C)N2. The smallest absolute Gasteiger partial charge is 0.247 e. The summed E-state index contributed by atoms with van der Waals surface area (Å²) in [5, 5.41) is 6.13. The molecule has 20 heavy (non-hydrogen) atoms. The first-order chi connectivity index (χ1) is 9.58. The number of carbonyl (C=O) groups is 1. The van der Waals surface area contributed by atoms with Gasteiger partial charge in [0.25, 0.3) is 0 Å². The van der Waals surface area contributed by atoms with E-state index in [0.717, 1.165) is 18.9 Å². The summed E-state index contributed by atoms with van der Waals surface area (Å²) in [6, 6.07) is -0.265. The van der Waals surface area contributed by atoms with Crippen LogP contribution in [0, 0.1) is 5.92 Å². The van der Waals surface area contributed by atoms with Crippen molar-refractivity contribution in [3.63, 3.8) is 0 Å². The summed E-state index contributed by atoms with van der Waals surface area (Å²) in [4.78, 5) is 27.1. The number of amidine groups is 1. The van der Waals surface area contributed by atoms with Gasteiger partial charge < -0.3 is 15.5 Å². The number of anilines is 3. The molecule has 2 aliphatic rings. The standard InChI is InChI=1S/C13H18N6O/c1-7(2)9-13(20)18-10-11(17-9)15-6-16-12(10)19-5-4-14-8(19)3/h6-7,9H,4-5H2,1-3H3,(H,18,20)(H,15,16,17). The Hall–Kier alpha value is -2.18. The van der Waals surface area contributed by atoms with Gasteiger partial charge in [-0.25, -0.2) is 9.97 Å². The fourth-order valence-corrected chi connectivity index (χ4v) is 2.51. The molecule has 3 heterocycles. The van der Waals surface area contributed by atoms with Crippen molar-refractivity contribution >= 4 is 29.1 Å². The van der Waals surface area contributed by atoms with Crippen LogP contribution in [0.2, 0.25) is 0 Å². The maximum atomic E-state index is 12.2. The summed E-state index contributed by atoms with van der Waals surface area (Å²) in [5.74, 6) is 2.44. The molecule has 1 aromatic heterocycles. The summed E-state index contributed by atoms with van der Waals surface area (Å²) < 4.78 is 0. The predicted octanol–water partition coefficient (Wildman–Crippen LogP) is 1.10. The second-order valence-electron chi connectivity index (χ2n) is 5.36. The summed E-state index contributed by atoms with van der Waals surface area (Å²) >= 11 is 0. The number of rotatable bonds is 2. The summed E-state index contributed by atoms with van der Waals surface area (Å²) in [5.41, 5.74) is 0.644. The molecular formula is C13H18N6O. The van der Waals surface area contributed by atoms with Crippen molar-refractivity contribution in [2.45, 2.75) is 26.8 Å². The molecule has 7 heteroatoms. The van der Waals surface area contributed by atoms with Gasteiger partial charge in [0.2, 0.25) is 5.91 Å². The van der Waals surface area contributed by atoms with Gasteiger partial charge in [0.1, 0.15) is 23.9 Å². The zero-order valence-corrected chi connectivity index (χ0v) is 11.8. The molecule has 1 aromatic rings. The van der Waals surface area contributed by atoms with Crippen LogP contribution in [0.4, 0.5) is 17.3 Å². The average molecular weight is 274 g/mol. The number of carbonyl (C=O) groups excluding carboxylic acids is 1. The number of fused-ring (bicyclic) bond motifs is 1. The molecule has 0 aromatic carbocycles. The Morgan fingerprint density at radius 1 is 1.40 bits per heavy atom. The Bertz CT molecular complexity index is 582. The van der Waals surface area contributed by atoms with Crippen molar-refractivity contribution in [2.24, 2.45) is 10.9 Å². The Kier molecular flexibility index (Phi) is 3.04. The van der Waals surface area contributed by atoms with E-state index in [-0.39, 0.29) is 17.9 Å². The van der Waals surface area contributed by atoms with E-state index in [1.807, 2.05) is 25.7 Å². The molecule has 2 N–H and O–H groups in total. The first-order valence-corrected chi connectivity index (χ1v) is 6.79. The first kappa shape index (κ1) is 12.8. The molecule has 1 atom stereocenters. The molecule has 0 radical (unpaired) electrons. The van der Waals surface area contributed by atoms with Crippen LogP contribution in [0.3, 0.4) is 0 Å². The number of nitrogens with zero attached hydrogens (tertiary/aromatic N) is 4. The number of amides is 1. The Balaban J connectivity index is 1.99. The number of nitrogens with one attached hydrogen (secondary N) is 2. The molecule has 0 spiro atoms. The molecule has 0 bridgehead atoms. The lowest BCUT2D eigenvalue weighted by Crippen LogP contribution is -2.43. The number of hydrogen-bond acceptors (Lipinski definition) is 6. The van der Waals surface area contributed by atoms with Crippen molar-refractivity contribution in [3.8, 4) is 0 Å². The lowest BCUT2D eigenvalue weighted by molar-refractivity contribution is -0.117. The van der Waals surface area contributed by atoms with Gasteiger partial charge in [0.05, 0.1) is 6.54 Å². The molecule has 0 aliphatic carbocycles. The van der Waals surface area contributed by atoms with Crippen LogP contribution in [0.5, 0.6) is 0 Å². The van der Waals surface area contributed by atoms with Crippen molar-refractivity contribution in [1.29, 1.82) is 0 Å². The zero-order valence-electron chi connectivity index (χ0n) is 11.8. The normalized spacial score (nSPS) is 21.4. The molecule has 0 saturated heterocycles. The van der Waals surface area contributed by atoms with E-state index in [4.69, 9.17) is 0 Å². The van der Waals surface area contributed by atoms with Gasteiger partial charge in [-0.3, -0.25) is 9.79 Å². The zero-order chi connectivity index (χ0) is 14.3. The first-order valence-electron chi connectivity index (χ1n) is 6.79. The molecule has 0 fully saturated rings. The fourth-order valence-electron chi connectivity index (χ4n) is 2.51. The van der Waals surface area contributed by atoms with Gasteiger partial charge in [0.15, 0.2) is 11.6 Å². The third kappa shape index (κ3) is 1.99. The average Bonchev–Trinajstić information content (AvgIpc) is 2.83. The topological polar surface area (TPSA) is 82.5 Å². The second-order valence-corrected chi connectivity index (χ2v) is 5.36. The summed E-state index contributed by atoms with van der Waals surface area (Å²) in [6.45, 7) is 7.47. The predicted molar refractivity (Wildman–Crippen MR) is 78.2 cm³/mol. The van der Waals surface area contributed by atoms with Gasteiger partial charge in [0, 0.05) is 6.54 Å². The van der Waals surface area contributed by atoms with Gasteiger partial charge in [-0.15, -0.1) is 0 Å². The quantitative estimate of drug-likeness (QED) is 0.844. The van der Waals surface area contributed by atoms with Gasteiger partial charge >= 0.3 is 0 Å². The molecule has 7 nitrogen and oxygen atoms in total. The van der Waals surface area contributed by atoms with Gasteiger partial charge in [-0.05, 0) is 12.8 Å². The maximum Gasteiger partial charge on any atom is 0.247 e. The van der Waals surface area contributed by atoms with E-state index < -0.39 is 0 Å². The van der Waals surface area contributed by atoms with E-state index >= 15 is 0 Å². The Labute approximate surface area is 117 Å². The molecular weight excluding hydrogens is 256 g/mol. The summed E-state index contributed by atoms with van der Waals surface area (Å²) in [6.07, 6.45) is 1.52. The third-order valence-electron chi connectivity index (χ3n) is 3.63. The molecule has 1 amide bonds. The van der Waals surface area contributed by atoms with Crippen molar-refractivity contribution in [2.75, 3.05) is 28.6 Å². The molecule has 1 unspecified atom stereocenters. The highest BCUT2D eigenvalue weighted by molar-refractivity contribution is 6.08. The monoisotopic (exact) mass is 274 g/mol. The van der Waals surface area contributed by atoms with E-state index in [2.05, 4.69) is 25.6 Å². The second kappa shape index (κ2) is 4.73. The fraction of sp³-hybridized carbons (Fsp3) is 0.538. The van der Waals surface area contributed by atoms with Gasteiger partial charge in [-0.1, -0.05) is 13.8 Å². The van der Waals surface area contributed by atoms with Crippen LogP contribution in [0.1, 0.15) is 20.8 Å². The number of aromatic nitrogens is 2. The third-order valence-corrected chi connectivity index (χ3v) is 3.63. The van der Waals surface area contributed by atoms with Gasteiger partial charge in [-0.2, -0.15) is 0 Å². The Morgan fingerprint density at radius 2 is 2.20 bits per heavy atom. The van der Waals surface area contributed by atoms with E-state index in [9.17, 15) is 4.79 Å². The van der Waals surface area contributed by atoms with Crippen LogP contribution in [-0.4, -0.2) is 40.8 Å². The van der Waals surface area contributed by atoms with Crippen LogP contribution in [-0.2, 0) is 4.79 Å². The Morgan fingerprint density at radius 3 is 2.85 bits per heavy atom. The van der Waals surface area contributed by atoms with Crippen LogP contribution < -0.4 is 15.5 Å². The lowest BCUT2D eigenvalue weighted by atomic mass is 10.0. The van der Waals surface area contributed by atoms with E-state index in [1.54, 1.807) is 0 Å². The minimum Gasteiger partial charge on any atom is -0.356 e. The van der Waals surface area contributed by atoms with Crippen molar-refractivity contribution in [1.82, 2.24) is 9.97 Å². The highest BCUT2D eigenvalue weighted by Gasteiger charge is 2.32. The number of hydrogen-bond donors (Lipinski definition) is 2. The molecule has 2 aliphatic heterocycles. The molecule has 0 saturated carbocycles. The minimum atomic E-state index is -0.265. The highest BCUT2D eigenvalue weighted by Crippen LogP contribution is 2.34. The minimum absolute atomic E-state index is 0.0441. The van der Waals surface area contributed by atoms with E-state index in [1.165, 1.54) is 6.33 Å². The van der Waals surface area contributed by atoms with Crippen molar-refractivity contribution < 1.29 is 4.79 Å². The number of aliphatic imine (C=N–C) groups is 1. The van der Waals surface area contributed by atoms with Crippen molar-refractivity contribution in [3.05, 3.63) is 6.33 Å². The van der Waals surface area contributed by atoms with Crippen LogP contribution in [0.25, 0.3) is 0 Å². The molecule has 106 valence electrons.